The first-order chi connectivity index (χ1) is 15.3. The summed E-state index contributed by atoms with van der Waals surface area (Å²) in [5.74, 6) is -4.10. The molecule has 2 atom stereocenters. The van der Waals surface area contributed by atoms with Crippen LogP contribution in [0.15, 0.2) is 17.1 Å². The molecule has 32 heavy (non-hydrogen) atoms. The van der Waals surface area contributed by atoms with Crippen LogP contribution >= 0.6 is 0 Å². The summed E-state index contributed by atoms with van der Waals surface area (Å²) in [7, 11) is 0. The van der Waals surface area contributed by atoms with Gasteiger partial charge in [-0.1, -0.05) is 12.8 Å². The van der Waals surface area contributed by atoms with Gasteiger partial charge in [-0.15, -0.1) is 0 Å². The van der Waals surface area contributed by atoms with Crippen LogP contribution in [0.5, 0.6) is 5.75 Å². The van der Waals surface area contributed by atoms with Crippen molar-refractivity contribution in [2.45, 2.75) is 44.7 Å². The minimum Gasteiger partial charge on any atom is -0.486 e. The normalized spacial score (nSPS) is 19.2. The highest BCUT2D eigenvalue weighted by Crippen LogP contribution is 2.35. The van der Waals surface area contributed by atoms with Gasteiger partial charge in [-0.25, -0.2) is 4.39 Å². The van der Waals surface area contributed by atoms with Gasteiger partial charge in [0.2, 0.25) is 17.2 Å². The number of benzene rings is 1. The van der Waals surface area contributed by atoms with Gasteiger partial charge in [0.25, 0.3) is 5.91 Å². The van der Waals surface area contributed by atoms with Gasteiger partial charge >= 0.3 is 0 Å². The fraction of sp³-hybridized carbons (Fsp3) is 0.500. The van der Waals surface area contributed by atoms with Gasteiger partial charge < -0.3 is 24.6 Å². The van der Waals surface area contributed by atoms with Crippen LogP contribution in [-0.2, 0) is 4.79 Å². The van der Waals surface area contributed by atoms with Gasteiger partial charge in [0.05, 0.1) is 23.6 Å². The molecule has 8 nitrogen and oxygen atoms in total. The van der Waals surface area contributed by atoms with E-state index in [1.807, 2.05) is 0 Å². The molecule has 0 saturated carbocycles. The SMILES string of the molecule is CC1COc2c(F)c(F)cc3c(=O)c(C(=O)NC(CO)C(=O)N4CCCCCC4)cn1c23. The largest absolute Gasteiger partial charge is 0.486 e. The average Bonchev–Trinajstić information content (AvgIpc) is 3.07. The van der Waals surface area contributed by atoms with Crippen LogP contribution in [0.3, 0.4) is 0 Å². The monoisotopic (exact) mass is 449 g/mol. The molecule has 2 aliphatic heterocycles. The minimum atomic E-state index is -1.26. The van der Waals surface area contributed by atoms with Crippen LogP contribution in [0.25, 0.3) is 10.9 Å². The molecular formula is C22H25F2N3O5. The van der Waals surface area contributed by atoms with Crippen molar-refractivity contribution in [1.82, 2.24) is 14.8 Å². The molecule has 0 aliphatic carbocycles. The fourth-order valence-corrected chi connectivity index (χ4v) is 4.29. The van der Waals surface area contributed by atoms with Crippen molar-refractivity contribution in [2.24, 2.45) is 0 Å². The number of amides is 2. The molecule has 2 aliphatic rings. The zero-order valence-corrected chi connectivity index (χ0v) is 17.7. The third-order valence-corrected chi connectivity index (χ3v) is 6.06. The van der Waals surface area contributed by atoms with E-state index in [2.05, 4.69) is 5.32 Å². The lowest BCUT2D eigenvalue weighted by Crippen LogP contribution is -2.51. The Hall–Kier alpha value is -3.01. The second kappa shape index (κ2) is 8.85. The Morgan fingerprint density at radius 2 is 1.94 bits per heavy atom. The molecule has 4 rings (SSSR count). The van der Waals surface area contributed by atoms with Crippen LogP contribution in [0.1, 0.15) is 49.0 Å². The van der Waals surface area contributed by atoms with E-state index in [1.165, 1.54) is 10.8 Å². The number of rotatable bonds is 4. The van der Waals surface area contributed by atoms with Crippen molar-refractivity contribution in [1.29, 1.82) is 0 Å². The second-order valence-electron chi connectivity index (χ2n) is 8.28. The Bertz CT molecular complexity index is 1120. The molecule has 1 fully saturated rings. The summed E-state index contributed by atoms with van der Waals surface area (Å²) in [6.07, 6.45) is 4.98. The van der Waals surface area contributed by atoms with E-state index in [1.54, 1.807) is 11.8 Å². The minimum absolute atomic E-state index is 0.0269. The maximum Gasteiger partial charge on any atom is 0.257 e. The van der Waals surface area contributed by atoms with Crippen LogP contribution in [-0.4, -0.2) is 58.7 Å². The first kappa shape index (κ1) is 22.2. The summed E-state index contributed by atoms with van der Waals surface area (Å²) >= 11 is 0. The Balaban J connectivity index is 1.69. The van der Waals surface area contributed by atoms with Crippen molar-refractivity contribution in [2.75, 3.05) is 26.3 Å². The molecule has 172 valence electrons. The summed E-state index contributed by atoms with van der Waals surface area (Å²) in [6, 6.07) is -0.815. The summed E-state index contributed by atoms with van der Waals surface area (Å²) < 4.78 is 35.1. The summed E-state index contributed by atoms with van der Waals surface area (Å²) in [4.78, 5) is 40.4. The van der Waals surface area contributed by atoms with Crippen molar-refractivity contribution in [3.63, 3.8) is 0 Å². The summed E-state index contributed by atoms with van der Waals surface area (Å²) in [6.45, 7) is 2.23. The third-order valence-electron chi connectivity index (χ3n) is 6.06. The Morgan fingerprint density at radius 3 is 2.59 bits per heavy atom. The fourth-order valence-electron chi connectivity index (χ4n) is 4.29. The van der Waals surface area contributed by atoms with Gasteiger partial charge in [-0.2, -0.15) is 4.39 Å². The van der Waals surface area contributed by atoms with Gasteiger partial charge in [0, 0.05) is 19.3 Å². The number of aliphatic hydroxyl groups is 1. The number of nitrogens with zero attached hydrogens (tertiary/aromatic N) is 2. The van der Waals surface area contributed by atoms with Crippen molar-refractivity contribution in [3.05, 3.63) is 39.7 Å². The number of carbonyl (C=O) groups excluding carboxylic acids is 2. The highest BCUT2D eigenvalue weighted by molar-refractivity contribution is 6.00. The predicted octanol–water partition coefficient (Wildman–Crippen LogP) is 1.73. The summed E-state index contributed by atoms with van der Waals surface area (Å²) in [5, 5.41) is 12.0. The number of hydrogen-bond donors (Lipinski definition) is 2. The van der Waals surface area contributed by atoms with E-state index in [9.17, 15) is 28.3 Å². The van der Waals surface area contributed by atoms with Gasteiger partial charge in [-0.3, -0.25) is 14.4 Å². The third kappa shape index (κ3) is 3.83. The second-order valence-corrected chi connectivity index (χ2v) is 8.28. The maximum absolute atomic E-state index is 14.2. The molecule has 0 bridgehead atoms. The van der Waals surface area contributed by atoms with Gasteiger partial charge in [-0.05, 0) is 25.8 Å². The van der Waals surface area contributed by atoms with Crippen LogP contribution < -0.4 is 15.5 Å². The van der Waals surface area contributed by atoms with Crippen molar-refractivity contribution >= 4 is 22.7 Å². The standard InChI is InChI=1S/C22H25F2N3O5/c1-12-11-32-20-17(24)15(23)8-13-18(20)27(12)9-14(19(13)29)21(30)25-16(10-28)22(31)26-6-4-2-3-5-7-26/h8-9,12,16,28H,2-7,10-11H2,1H3,(H,25,30). The van der Waals surface area contributed by atoms with E-state index in [0.717, 1.165) is 31.7 Å². The lowest BCUT2D eigenvalue weighted by molar-refractivity contribution is -0.134. The topological polar surface area (TPSA) is 101 Å². The molecule has 1 aromatic heterocycles. The molecule has 1 saturated heterocycles. The quantitative estimate of drug-likeness (QED) is 0.741. The van der Waals surface area contributed by atoms with E-state index < -0.39 is 41.5 Å². The van der Waals surface area contributed by atoms with Gasteiger partial charge in [0.15, 0.2) is 11.6 Å². The first-order valence-electron chi connectivity index (χ1n) is 10.7. The highest BCUT2D eigenvalue weighted by Gasteiger charge is 2.30. The van der Waals surface area contributed by atoms with Crippen LogP contribution in [0.2, 0.25) is 0 Å². The lowest BCUT2D eigenvalue weighted by atomic mass is 10.1. The number of hydrogen-bond acceptors (Lipinski definition) is 5. The molecular weight excluding hydrogens is 424 g/mol. The average molecular weight is 449 g/mol. The summed E-state index contributed by atoms with van der Waals surface area (Å²) in [5.41, 5.74) is -1.07. The number of aromatic nitrogens is 1. The molecule has 2 aromatic rings. The number of aliphatic hydroxyl groups excluding tert-OH is 1. The number of pyridine rings is 1. The number of carbonyl (C=O) groups is 2. The maximum atomic E-state index is 14.2. The molecule has 1 aromatic carbocycles. The zero-order valence-electron chi connectivity index (χ0n) is 17.7. The molecule has 2 amide bonds. The van der Waals surface area contributed by atoms with E-state index in [4.69, 9.17) is 4.74 Å². The van der Waals surface area contributed by atoms with Crippen molar-refractivity contribution in [3.8, 4) is 5.75 Å². The highest BCUT2D eigenvalue weighted by atomic mass is 19.2. The van der Waals surface area contributed by atoms with Crippen molar-refractivity contribution < 1.29 is 28.2 Å². The molecule has 0 radical (unpaired) electrons. The first-order valence-corrected chi connectivity index (χ1v) is 10.7. The van der Waals surface area contributed by atoms with E-state index in [-0.39, 0.29) is 34.9 Å². The number of likely N-dealkylation sites (tertiary alicyclic amines) is 1. The molecule has 0 spiro atoms. The number of halogens is 2. The Labute approximate surface area is 182 Å². The number of nitrogens with one attached hydrogen (secondary N) is 1. The van der Waals surface area contributed by atoms with E-state index >= 15 is 0 Å². The lowest BCUT2D eigenvalue weighted by Gasteiger charge is -2.28. The van der Waals surface area contributed by atoms with Gasteiger partial charge in [0.1, 0.15) is 18.2 Å². The Kier molecular flexibility index (Phi) is 6.14. The molecule has 3 heterocycles. The number of ether oxygens (including phenoxy) is 1. The van der Waals surface area contributed by atoms with E-state index in [0.29, 0.717) is 13.1 Å². The zero-order chi connectivity index (χ0) is 23.0. The molecule has 2 N–H and O–H groups in total. The molecule has 2 unspecified atom stereocenters. The molecule has 10 heteroatoms. The Morgan fingerprint density at radius 1 is 1.25 bits per heavy atom. The predicted molar refractivity (Wildman–Crippen MR) is 112 cm³/mol. The van der Waals surface area contributed by atoms with Crippen LogP contribution in [0.4, 0.5) is 8.78 Å². The van der Waals surface area contributed by atoms with Crippen LogP contribution in [0, 0.1) is 11.6 Å². The smallest absolute Gasteiger partial charge is 0.257 e.